The third-order valence-electron chi connectivity index (χ3n) is 3.87. The van der Waals surface area contributed by atoms with Gasteiger partial charge >= 0.3 is 0 Å². The summed E-state index contributed by atoms with van der Waals surface area (Å²) in [6.07, 6.45) is 0.393. The number of amides is 1. The van der Waals surface area contributed by atoms with Gasteiger partial charge in [-0.3, -0.25) is 4.79 Å². The van der Waals surface area contributed by atoms with Crippen LogP contribution in [-0.4, -0.2) is 45.0 Å². The molecule has 128 valence electrons. The van der Waals surface area contributed by atoms with Gasteiger partial charge in [0.05, 0.1) is 11.5 Å². The van der Waals surface area contributed by atoms with Crippen molar-refractivity contribution in [2.45, 2.75) is 38.1 Å². The van der Waals surface area contributed by atoms with E-state index in [2.05, 4.69) is 4.72 Å². The van der Waals surface area contributed by atoms with Gasteiger partial charge in [0.2, 0.25) is 15.9 Å². The molecule has 0 radical (unpaired) electrons. The number of sulfonamides is 1. The van der Waals surface area contributed by atoms with Gasteiger partial charge in [-0.25, -0.2) is 13.1 Å². The molecule has 6 nitrogen and oxygen atoms in total. The highest BCUT2D eigenvalue weighted by Gasteiger charge is 2.31. The molecule has 1 atom stereocenters. The Hall–Kier alpha value is -1.60. The van der Waals surface area contributed by atoms with Crippen molar-refractivity contribution in [3.63, 3.8) is 0 Å². The van der Waals surface area contributed by atoms with Crippen molar-refractivity contribution < 1.29 is 17.9 Å². The van der Waals surface area contributed by atoms with Crippen molar-refractivity contribution >= 4 is 15.9 Å². The highest BCUT2D eigenvalue weighted by molar-refractivity contribution is 7.89. The first-order chi connectivity index (χ1) is 10.8. The molecule has 1 heterocycles. The van der Waals surface area contributed by atoms with Crippen LogP contribution in [0.15, 0.2) is 29.2 Å². The molecule has 0 aliphatic carbocycles. The van der Waals surface area contributed by atoms with Gasteiger partial charge < -0.3 is 9.64 Å². The first-order valence-corrected chi connectivity index (χ1v) is 9.33. The summed E-state index contributed by atoms with van der Waals surface area (Å²) in [4.78, 5) is 13.8. The Morgan fingerprint density at radius 2 is 1.96 bits per heavy atom. The zero-order valence-corrected chi connectivity index (χ0v) is 14.6. The molecule has 1 unspecified atom stereocenters. The number of nitrogens with one attached hydrogen (secondary N) is 1. The van der Waals surface area contributed by atoms with Crippen molar-refractivity contribution in [2.24, 2.45) is 5.92 Å². The Balaban J connectivity index is 1.95. The van der Waals surface area contributed by atoms with Gasteiger partial charge in [-0.1, -0.05) is 0 Å². The van der Waals surface area contributed by atoms with Gasteiger partial charge in [0.1, 0.15) is 5.75 Å². The normalized spacial score (nSPS) is 18.7. The molecule has 0 spiro atoms. The number of likely N-dealkylation sites (tertiary alicyclic amines) is 1. The van der Waals surface area contributed by atoms with Crippen LogP contribution in [0.4, 0.5) is 0 Å². The second-order valence-electron chi connectivity index (χ2n) is 5.97. The Bertz CT molecular complexity index is 641. The first kappa shape index (κ1) is 17.7. The number of carbonyl (C=O) groups excluding carboxylic acids is 1. The second kappa shape index (κ2) is 7.31. The van der Waals surface area contributed by atoms with Crippen molar-refractivity contribution in [1.29, 1.82) is 0 Å². The fourth-order valence-corrected chi connectivity index (χ4v) is 3.75. The number of rotatable bonds is 7. The van der Waals surface area contributed by atoms with E-state index in [1.165, 1.54) is 12.1 Å². The molecule has 0 bridgehead atoms. The number of ether oxygens (including phenoxy) is 1. The Morgan fingerprint density at radius 3 is 2.48 bits per heavy atom. The molecule has 1 aromatic carbocycles. The van der Waals surface area contributed by atoms with Crippen molar-refractivity contribution in [3.05, 3.63) is 24.3 Å². The monoisotopic (exact) mass is 340 g/mol. The van der Waals surface area contributed by atoms with E-state index in [-0.39, 0.29) is 29.3 Å². The molecule has 1 amide bonds. The quantitative estimate of drug-likeness (QED) is 0.818. The molecular weight excluding hydrogens is 316 g/mol. The summed E-state index contributed by atoms with van der Waals surface area (Å²) >= 11 is 0. The number of hydrogen-bond donors (Lipinski definition) is 1. The molecule has 1 N–H and O–H groups in total. The fourth-order valence-electron chi connectivity index (χ4n) is 2.64. The Kier molecular flexibility index (Phi) is 5.64. The summed E-state index contributed by atoms with van der Waals surface area (Å²) in [5.74, 6) is 0.744. The van der Waals surface area contributed by atoms with Crippen LogP contribution in [0.3, 0.4) is 0 Å². The van der Waals surface area contributed by atoms with E-state index in [0.29, 0.717) is 25.3 Å². The topological polar surface area (TPSA) is 75.7 Å². The highest BCUT2D eigenvalue weighted by atomic mass is 32.2. The number of carbonyl (C=O) groups is 1. The molecule has 2 rings (SSSR count). The van der Waals surface area contributed by atoms with Gasteiger partial charge in [-0.05, 0) is 51.0 Å². The molecule has 1 fully saturated rings. The molecule has 23 heavy (non-hydrogen) atoms. The van der Waals surface area contributed by atoms with E-state index in [0.717, 1.165) is 0 Å². The largest absolute Gasteiger partial charge is 0.494 e. The molecule has 1 aliphatic heterocycles. The van der Waals surface area contributed by atoms with Crippen molar-refractivity contribution in [3.8, 4) is 5.75 Å². The SMILES string of the molecule is CCOc1ccc(S(=O)(=O)NCC2CC(=O)N(C(C)C)C2)cc1. The Labute approximate surface area is 137 Å². The molecular formula is C16H24N2O4S. The third-order valence-corrected chi connectivity index (χ3v) is 5.31. The molecule has 0 saturated carbocycles. The minimum absolute atomic E-state index is 0.0161. The standard InChI is InChI=1S/C16H24N2O4S/c1-4-22-14-5-7-15(8-6-14)23(20,21)17-10-13-9-16(19)18(11-13)12(2)3/h5-8,12-13,17H,4,9-11H2,1-3H3. The summed E-state index contributed by atoms with van der Waals surface area (Å²) in [5.41, 5.74) is 0. The lowest BCUT2D eigenvalue weighted by molar-refractivity contribution is -0.129. The van der Waals surface area contributed by atoms with Crippen LogP contribution in [-0.2, 0) is 14.8 Å². The van der Waals surface area contributed by atoms with Crippen LogP contribution in [0.2, 0.25) is 0 Å². The zero-order chi connectivity index (χ0) is 17.0. The van der Waals surface area contributed by atoms with Crippen LogP contribution in [0.25, 0.3) is 0 Å². The van der Waals surface area contributed by atoms with Gasteiger partial charge in [-0.2, -0.15) is 0 Å². The number of nitrogens with zero attached hydrogens (tertiary/aromatic N) is 1. The first-order valence-electron chi connectivity index (χ1n) is 7.85. The van der Waals surface area contributed by atoms with Crippen molar-refractivity contribution in [1.82, 2.24) is 9.62 Å². The lowest BCUT2D eigenvalue weighted by Crippen LogP contribution is -2.34. The summed E-state index contributed by atoms with van der Waals surface area (Å²) in [5, 5.41) is 0. The minimum Gasteiger partial charge on any atom is -0.494 e. The average Bonchev–Trinajstić information content (AvgIpc) is 2.88. The van der Waals surface area contributed by atoms with Gasteiger partial charge in [-0.15, -0.1) is 0 Å². The van der Waals surface area contributed by atoms with Gasteiger partial charge in [0.25, 0.3) is 0 Å². The molecule has 1 aromatic rings. The highest BCUT2D eigenvalue weighted by Crippen LogP contribution is 2.21. The minimum atomic E-state index is -3.57. The van der Waals surface area contributed by atoms with E-state index in [1.54, 1.807) is 17.0 Å². The lowest BCUT2D eigenvalue weighted by atomic mass is 10.1. The Morgan fingerprint density at radius 1 is 1.30 bits per heavy atom. The molecule has 7 heteroatoms. The molecule has 1 saturated heterocycles. The summed E-state index contributed by atoms with van der Waals surface area (Å²) in [6.45, 7) is 7.20. The van der Waals surface area contributed by atoms with Crippen LogP contribution < -0.4 is 9.46 Å². The maximum Gasteiger partial charge on any atom is 0.240 e. The van der Waals surface area contributed by atoms with Crippen LogP contribution in [0, 0.1) is 5.92 Å². The van der Waals surface area contributed by atoms with E-state index in [9.17, 15) is 13.2 Å². The van der Waals surface area contributed by atoms with Crippen molar-refractivity contribution in [2.75, 3.05) is 19.7 Å². The molecule has 1 aliphatic rings. The van der Waals surface area contributed by atoms with E-state index in [4.69, 9.17) is 4.74 Å². The molecule has 0 aromatic heterocycles. The van der Waals surface area contributed by atoms with Crippen LogP contribution in [0.1, 0.15) is 27.2 Å². The maximum absolute atomic E-state index is 12.3. The summed E-state index contributed by atoms with van der Waals surface area (Å²) in [6, 6.07) is 6.46. The van der Waals surface area contributed by atoms with Crippen LogP contribution >= 0.6 is 0 Å². The summed E-state index contributed by atoms with van der Waals surface area (Å²) in [7, 11) is -3.57. The number of benzene rings is 1. The maximum atomic E-state index is 12.3. The predicted molar refractivity (Wildman–Crippen MR) is 87.8 cm³/mol. The average molecular weight is 340 g/mol. The zero-order valence-electron chi connectivity index (χ0n) is 13.8. The van der Waals surface area contributed by atoms with Gasteiger partial charge in [0.15, 0.2) is 0 Å². The lowest BCUT2D eigenvalue weighted by Gasteiger charge is -2.21. The third kappa shape index (κ3) is 4.45. The van der Waals surface area contributed by atoms with E-state index >= 15 is 0 Å². The number of hydrogen-bond acceptors (Lipinski definition) is 4. The van der Waals surface area contributed by atoms with Gasteiger partial charge in [0, 0.05) is 25.6 Å². The van der Waals surface area contributed by atoms with E-state index < -0.39 is 10.0 Å². The second-order valence-corrected chi connectivity index (χ2v) is 7.73. The van der Waals surface area contributed by atoms with Crippen LogP contribution in [0.5, 0.6) is 5.75 Å². The van der Waals surface area contributed by atoms with E-state index in [1.807, 2.05) is 20.8 Å². The predicted octanol–water partition coefficient (Wildman–Crippen LogP) is 1.62. The smallest absolute Gasteiger partial charge is 0.240 e. The fraction of sp³-hybridized carbons (Fsp3) is 0.562. The summed E-state index contributed by atoms with van der Waals surface area (Å²) < 4.78 is 32.5.